The lowest BCUT2D eigenvalue weighted by Gasteiger charge is -2.04. The first kappa shape index (κ1) is 12.8. The van der Waals surface area contributed by atoms with E-state index in [4.69, 9.17) is 0 Å². The minimum absolute atomic E-state index is 0.303. The van der Waals surface area contributed by atoms with Crippen molar-refractivity contribution in [2.24, 2.45) is 0 Å². The molecule has 0 aromatic heterocycles. The fraction of sp³-hybridized carbons (Fsp3) is 0.333. The van der Waals surface area contributed by atoms with Gasteiger partial charge in [-0.3, -0.25) is 0 Å². The van der Waals surface area contributed by atoms with E-state index >= 15 is 0 Å². The molecule has 0 spiro atoms. The molecule has 0 saturated heterocycles. The Morgan fingerprint density at radius 1 is 1.19 bits per heavy atom. The summed E-state index contributed by atoms with van der Waals surface area (Å²) >= 11 is 0. The number of hydrogen-bond acceptors (Lipinski definition) is 1. The molecule has 0 heterocycles. The van der Waals surface area contributed by atoms with E-state index < -0.39 is 17.5 Å². The zero-order valence-electron chi connectivity index (χ0n) is 9.28. The molecule has 0 aliphatic rings. The van der Waals surface area contributed by atoms with Gasteiger partial charge in [-0.2, -0.15) is 0 Å². The number of allylic oxidation sites excluding steroid dienone is 1. The molecule has 0 saturated carbocycles. The maximum atomic E-state index is 12.8. The Hall–Kier alpha value is -1.29. The molecule has 1 nitrogen and oxygen atoms in total. The largest absolute Gasteiger partial charge is 0.309 e. The molecule has 0 bridgehead atoms. The molecule has 4 heteroatoms. The van der Waals surface area contributed by atoms with Crippen molar-refractivity contribution < 1.29 is 13.2 Å². The van der Waals surface area contributed by atoms with Crippen molar-refractivity contribution in [1.29, 1.82) is 0 Å². The first-order valence-corrected chi connectivity index (χ1v) is 4.98. The minimum Gasteiger partial charge on any atom is -0.309 e. The molecule has 0 fully saturated rings. The first-order chi connectivity index (χ1) is 7.50. The molecule has 0 unspecified atom stereocenters. The van der Waals surface area contributed by atoms with Gasteiger partial charge in [0.15, 0.2) is 17.5 Å². The molecule has 0 aliphatic heterocycles. The molecule has 1 aromatic carbocycles. The van der Waals surface area contributed by atoms with Crippen LogP contribution in [0, 0.1) is 17.5 Å². The maximum absolute atomic E-state index is 12.8. The van der Waals surface area contributed by atoms with Gasteiger partial charge in [0.2, 0.25) is 0 Å². The topological polar surface area (TPSA) is 12.0 Å². The van der Waals surface area contributed by atoms with Crippen molar-refractivity contribution in [2.45, 2.75) is 20.4 Å². The molecule has 88 valence electrons. The zero-order valence-corrected chi connectivity index (χ0v) is 9.28. The van der Waals surface area contributed by atoms with Crippen molar-refractivity contribution in [3.05, 3.63) is 46.8 Å². The third kappa shape index (κ3) is 3.70. The summed E-state index contributed by atoms with van der Waals surface area (Å²) in [5, 5.41) is 2.97. The van der Waals surface area contributed by atoms with Crippen molar-refractivity contribution in [3.8, 4) is 0 Å². The van der Waals surface area contributed by atoms with Crippen LogP contribution in [0.5, 0.6) is 0 Å². The molecule has 1 N–H and O–H groups in total. The number of rotatable bonds is 4. The molecule has 0 atom stereocenters. The monoisotopic (exact) mass is 229 g/mol. The summed E-state index contributed by atoms with van der Waals surface area (Å²) in [7, 11) is 0. The quantitative estimate of drug-likeness (QED) is 0.475. The Morgan fingerprint density at radius 3 is 2.25 bits per heavy atom. The average Bonchev–Trinajstić information content (AvgIpc) is 2.20. The third-order valence-electron chi connectivity index (χ3n) is 2.03. The highest BCUT2D eigenvalue weighted by atomic mass is 19.2. The van der Waals surface area contributed by atoms with Gasteiger partial charge in [0.05, 0.1) is 0 Å². The molecule has 0 radical (unpaired) electrons. The van der Waals surface area contributed by atoms with E-state index in [9.17, 15) is 13.2 Å². The van der Waals surface area contributed by atoms with Gasteiger partial charge < -0.3 is 5.32 Å². The van der Waals surface area contributed by atoms with E-state index in [1.165, 1.54) is 0 Å². The fourth-order valence-corrected chi connectivity index (χ4v) is 1.20. The van der Waals surface area contributed by atoms with Gasteiger partial charge >= 0.3 is 0 Å². The predicted octanol–water partition coefficient (Wildman–Crippen LogP) is 3.16. The number of hydrogen-bond donors (Lipinski definition) is 1. The van der Waals surface area contributed by atoms with Crippen LogP contribution < -0.4 is 5.32 Å². The molecule has 0 amide bonds. The van der Waals surface area contributed by atoms with Gasteiger partial charge in [-0.1, -0.05) is 11.6 Å². The molecular weight excluding hydrogens is 215 g/mol. The lowest BCUT2D eigenvalue weighted by atomic mass is 10.2. The number of nitrogens with one attached hydrogen (secondary N) is 1. The van der Waals surface area contributed by atoms with Crippen molar-refractivity contribution >= 4 is 0 Å². The Labute approximate surface area is 93.0 Å². The summed E-state index contributed by atoms with van der Waals surface area (Å²) in [6, 6.07) is 1.99. The summed E-state index contributed by atoms with van der Waals surface area (Å²) in [4.78, 5) is 0. The molecule has 16 heavy (non-hydrogen) atoms. The van der Waals surface area contributed by atoms with Crippen LogP contribution in [-0.4, -0.2) is 6.54 Å². The summed E-state index contributed by atoms with van der Waals surface area (Å²) in [6.07, 6.45) is 1.95. The Balaban J connectivity index is 2.58. The van der Waals surface area contributed by atoms with E-state index in [0.717, 1.165) is 17.7 Å². The summed E-state index contributed by atoms with van der Waals surface area (Å²) in [5.41, 5.74) is 1.54. The fourth-order valence-electron chi connectivity index (χ4n) is 1.20. The SMILES string of the molecule is CC(C)=CCNCc1cc(F)c(F)c(F)c1. The van der Waals surface area contributed by atoms with Crippen LogP contribution in [0.2, 0.25) is 0 Å². The lowest BCUT2D eigenvalue weighted by molar-refractivity contribution is 0.444. The molecule has 1 rings (SSSR count). The second kappa shape index (κ2) is 5.70. The molecule has 0 aliphatic carbocycles. The molecular formula is C12H14F3N. The maximum Gasteiger partial charge on any atom is 0.194 e. The van der Waals surface area contributed by atoms with Crippen LogP contribution in [0.25, 0.3) is 0 Å². The van der Waals surface area contributed by atoms with Gasteiger partial charge in [-0.05, 0) is 31.5 Å². The second-order valence-electron chi connectivity index (χ2n) is 3.79. The Morgan fingerprint density at radius 2 is 1.75 bits per heavy atom. The van der Waals surface area contributed by atoms with Crippen LogP contribution >= 0.6 is 0 Å². The van der Waals surface area contributed by atoms with Crippen LogP contribution in [0.4, 0.5) is 13.2 Å². The van der Waals surface area contributed by atoms with E-state index in [0.29, 0.717) is 18.7 Å². The standard InChI is InChI=1S/C12H14F3N/c1-8(2)3-4-16-7-9-5-10(13)12(15)11(14)6-9/h3,5-6,16H,4,7H2,1-2H3. The third-order valence-corrected chi connectivity index (χ3v) is 2.03. The smallest absolute Gasteiger partial charge is 0.194 e. The number of halogens is 3. The zero-order chi connectivity index (χ0) is 12.1. The van der Waals surface area contributed by atoms with E-state index in [-0.39, 0.29) is 0 Å². The molecule has 1 aromatic rings. The normalized spacial score (nSPS) is 10.3. The van der Waals surface area contributed by atoms with Gasteiger partial charge in [0.25, 0.3) is 0 Å². The van der Waals surface area contributed by atoms with Crippen molar-refractivity contribution in [2.75, 3.05) is 6.54 Å². The highest BCUT2D eigenvalue weighted by Crippen LogP contribution is 2.13. The van der Waals surface area contributed by atoms with Gasteiger partial charge in [0, 0.05) is 13.1 Å². The van der Waals surface area contributed by atoms with Gasteiger partial charge in [-0.15, -0.1) is 0 Å². The Kier molecular flexibility index (Phi) is 4.55. The summed E-state index contributed by atoms with van der Waals surface area (Å²) < 4.78 is 38.3. The second-order valence-corrected chi connectivity index (χ2v) is 3.79. The van der Waals surface area contributed by atoms with E-state index in [1.807, 2.05) is 19.9 Å². The van der Waals surface area contributed by atoms with E-state index in [2.05, 4.69) is 5.32 Å². The highest BCUT2D eigenvalue weighted by Gasteiger charge is 2.09. The minimum atomic E-state index is -1.42. The van der Waals surface area contributed by atoms with Crippen LogP contribution in [0.3, 0.4) is 0 Å². The van der Waals surface area contributed by atoms with Crippen molar-refractivity contribution in [3.63, 3.8) is 0 Å². The highest BCUT2D eigenvalue weighted by molar-refractivity contribution is 5.19. The predicted molar refractivity (Wildman–Crippen MR) is 57.5 cm³/mol. The lowest BCUT2D eigenvalue weighted by Crippen LogP contribution is -2.13. The first-order valence-electron chi connectivity index (χ1n) is 4.98. The van der Waals surface area contributed by atoms with Gasteiger partial charge in [-0.25, -0.2) is 13.2 Å². The van der Waals surface area contributed by atoms with Crippen LogP contribution in [-0.2, 0) is 6.54 Å². The average molecular weight is 229 g/mol. The summed E-state index contributed by atoms with van der Waals surface area (Å²) in [6.45, 7) is 4.83. The van der Waals surface area contributed by atoms with Gasteiger partial charge in [0.1, 0.15) is 0 Å². The van der Waals surface area contributed by atoms with E-state index in [1.54, 1.807) is 0 Å². The summed E-state index contributed by atoms with van der Waals surface area (Å²) in [5.74, 6) is -3.73. The number of benzene rings is 1. The van der Waals surface area contributed by atoms with Crippen LogP contribution in [0.15, 0.2) is 23.8 Å². The van der Waals surface area contributed by atoms with Crippen LogP contribution in [0.1, 0.15) is 19.4 Å². The van der Waals surface area contributed by atoms with Crippen molar-refractivity contribution in [1.82, 2.24) is 5.32 Å². The Bertz CT molecular complexity index is 372.